The van der Waals surface area contributed by atoms with Crippen LogP contribution in [0.5, 0.6) is 0 Å². The predicted octanol–water partition coefficient (Wildman–Crippen LogP) is 3.68. The SMILES string of the molecule is CC(C)NC(=O)N(Cc1nccn1Cc1ccccc1Cl)CC1CCCO1. The Morgan fingerprint density at radius 2 is 2.26 bits per heavy atom. The molecule has 1 aromatic heterocycles. The van der Waals surface area contributed by atoms with Crippen LogP contribution < -0.4 is 5.32 Å². The fourth-order valence-corrected chi connectivity index (χ4v) is 3.40. The molecule has 1 N–H and O–H groups in total. The van der Waals surface area contributed by atoms with Crippen LogP contribution in [0.2, 0.25) is 5.02 Å². The normalized spacial score (nSPS) is 16.7. The monoisotopic (exact) mass is 390 g/mol. The fourth-order valence-electron chi connectivity index (χ4n) is 3.21. The molecule has 3 rings (SSSR count). The molecule has 2 aromatic rings. The Labute approximate surface area is 165 Å². The number of halogens is 1. The summed E-state index contributed by atoms with van der Waals surface area (Å²) in [5, 5.41) is 3.71. The van der Waals surface area contributed by atoms with E-state index in [4.69, 9.17) is 16.3 Å². The number of rotatable bonds is 7. The van der Waals surface area contributed by atoms with Crippen LogP contribution in [0.15, 0.2) is 36.7 Å². The van der Waals surface area contributed by atoms with Gasteiger partial charge >= 0.3 is 6.03 Å². The summed E-state index contributed by atoms with van der Waals surface area (Å²) in [7, 11) is 0. The third kappa shape index (κ3) is 5.47. The third-order valence-electron chi connectivity index (χ3n) is 4.58. The maximum atomic E-state index is 12.7. The number of imidazole rings is 1. The Hall–Kier alpha value is -2.05. The highest BCUT2D eigenvalue weighted by Crippen LogP contribution is 2.18. The van der Waals surface area contributed by atoms with Crippen molar-refractivity contribution >= 4 is 17.6 Å². The average molecular weight is 391 g/mol. The first kappa shape index (κ1) is 19.7. The zero-order chi connectivity index (χ0) is 19.2. The second-order valence-electron chi connectivity index (χ2n) is 7.18. The number of carbonyl (C=O) groups is 1. The quantitative estimate of drug-likeness (QED) is 0.784. The number of benzene rings is 1. The van der Waals surface area contributed by atoms with Crippen molar-refractivity contribution in [2.24, 2.45) is 0 Å². The highest BCUT2D eigenvalue weighted by Gasteiger charge is 2.24. The summed E-state index contributed by atoms with van der Waals surface area (Å²) in [6.45, 7) is 6.30. The van der Waals surface area contributed by atoms with Crippen LogP contribution in [-0.4, -0.2) is 45.8 Å². The minimum atomic E-state index is -0.0900. The van der Waals surface area contributed by atoms with E-state index in [2.05, 4.69) is 10.3 Å². The first-order valence-corrected chi connectivity index (χ1v) is 9.81. The van der Waals surface area contributed by atoms with Gasteiger partial charge in [0, 0.05) is 36.6 Å². The van der Waals surface area contributed by atoms with Crippen molar-refractivity contribution in [1.29, 1.82) is 0 Å². The molecule has 27 heavy (non-hydrogen) atoms. The number of hydrogen-bond acceptors (Lipinski definition) is 3. The summed E-state index contributed by atoms with van der Waals surface area (Å²) in [4.78, 5) is 19.0. The van der Waals surface area contributed by atoms with Gasteiger partial charge in [0.2, 0.25) is 0 Å². The number of hydrogen-bond donors (Lipinski definition) is 1. The van der Waals surface area contributed by atoms with Crippen molar-refractivity contribution in [3.8, 4) is 0 Å². The van der Waals surface area contributed by atoms with Gasteiger partial charge in [-0.3, -0.25) is 0 Å². The molecule has 6 nitrogen and oxygen atoms in total. The Morgan fingerprint density at radius 1 is 1.44 bits per heavy atom. The first-order valence-electron chi connectivity index (χ1n) is 9.43. The van der Waals surface area contributed by atoms with Gasteiger partial charge in [0.15, 0.2) is 0 Å². The van der Waals surface area contributed by atoms with Crippen LogP contribution in [0.3, 0.4) is 0 Å². The standard InChI is InChI=1S/C20H27ClN4O2/c1-15(2)23-20(26)25(13-17-7-5-11-27-17)14-19-22-9-10-24(19)12-16-6-3-4-8-18(16)21/h3-4,6,8-10,15,17H,5,7,11-14H2,1-2H3,(H,23,26). The van der Waals surface area contributed by atoms with Crippen molar-refractivity contribution < 1.29 is 9.53 Å². The van der Waals surface area contributed by atoms with Gasteiger partial charge in [-0.05, 0) is 38.3 Å². The molecule has 7 heteroatoms. The first-order chi connectivity index (χ1) is 13.0. The van der Waals surface area contributed by atoms with E-state index in [-0.39, 0.29) is 18.2 Å². The van der Waals surface area contributed by atoms with E-state index in [1.807, 2.05) is 48.9 Å². The van der Waals surface area contributed by atoms with Crippen LogP contribution in [-0.2, 0) is 17.8 Å². The maximum Gasteiger partial charge on any atom is 0.318 e. The highest BCUT2D eigenvalue weighted by molar-refractivity contribution is 6.31. The van der Waals surface area contributed by atoms with Crippen LogP contribution in [0.4, 0.5) is 4.79 Å². The summed E-state index contributed by atoms with van der Waals surface area (Å²) >= 11 is 6.30. The fraction of sp³-hybridized carbons (Fsp3) is 0.500. The van der Waals surface area contributed by atoms with E-state index in [0.717, 1.165) is 35.9 Å². The summed E-state index contributed by atoms with van der Waals surface area (Å²) in [6, 6.07) is 7.76. The third-order valence-corrected chi connectivity index (χ3v) is 4.95. The number of nitrogens with one attached hydrogen (secondary N) is 1. The number of amides is 2. The van der Waals surface area contributed by atoms with Crippen molar-refractivity contribution in [3.63, 3.8) is 0 Å². The number of nitrogens with zero attached hydrogens (tertiary/aromatic N) is 3. The van der Waals surface area contributed by atoms with Gasteiger partial charge in [-0.2, -0.15) is 0 Å². The van der Waals surface area contributed by atoms with Gasteiger partial charge in [0.25, 0.3) is 0 Å². The molecule has 1 atom stereocenters. The van der Waals surface area contributed by atoms with Crippen LogP contribution in [0.25, 0.3) is 0 Å². The molecule has 1 aromatic carbocycles. The summed E-state index contributed by atoms with van der Waals surface area (Å²) in [5.74, 6) is 0.826. The maximum absolute atomic E-state index is 12.7. The molecule has 2 heterocycles. The highest BCUT2D eigenvalue weighted by atomic mass is 35.5. The van der Waals surface area contributed by atoms with Gasteiger partial charge in [0.1, 0.15) is 5.82 Å². The molecule has 146 valence electrons. The van der Waals surface area contributed by atoms with Gasteiger partial charge in [0.05, 0.1) is 19.2 Å². The molecule has 1 fully saturated rings. The van der Waals surface area contributed by atoms with Crippen molar-refractivity contribution in [1.82, 2.24) is 19.8 Å². The van der Waals surface area contributed by atoms with E-state index < -0.39 is 0 Å². The molecule has 0 bridgehead atoms. The van der Waals surface area contributed by atoms with Gasteiger partial charge in [-0.1, -0.05) is 29.8 Å². The molecule has 1 saturated heterocycles. The molecule has 1 aliphatic heterocycles. The summed E-state index contributed by atoms with van der Waals surface area (Å²) in [5.41, 5.74) is 1.02. The molecule has 0 radical (unpaired) electrons. The minimum absolute atomic E-state index is 0.0763. The Balaban J connectivity index is 1.74. The van der Waals surface area contributed by atoms with Crippen molar-refractivity contribution in [2.75, 3.05) is 13.2 Å². The molecule has 0 spiro atoms. The van der Waals surface area contributed by atoms with Gasteiger partial charge in [-0.15, -0.1) is 0 Å². The lowest BCUT2D eigenvalue weighted by Crippen LogP contribution is -2.46. The van der Waals surface area contributed by atoms with Gasteiger partial charge < -0.3 is 19.5 Å². The van der Waals surface area contributed by atoms with Crippen LogP contribution in [0, 0.1) is 0 Å². The predicted molar refractivity (Wildman–Crippen MR) is 106 cm³/mol. The zero-order valence-electron chi connectivity index (χ0n) is 15.9. The number of carbonyl (C=O) groups excluding carboxylic acids is 1. The smallest absolute Gasteiger partial charge is 0.318 e. The van der Waals surface area contributed by atoms with Gasteiger partial charge in [-0.25, -0.2) is 9.78 Å². The van der Waals surface area contributed by atoms with Crippen LogP contribution in [0.1, 0.15) is 38.1 Å². The largest absolute Gasteiger partial charge is 0.376 e. The van der Waals surface area contributed by atoms with E-state index in [1.165, 1.54) is 0 Å². The molecule has 2 amide bonds. The van der Waals surface area contributed by atoms with Crippen molar-refractivity contribution in [2.45, 2.75) is 51.9 Å². The lowest BCUT2D eigenvalue weighted by molar-refractivity contribution is 0.0782. The zero-order valence-corrected chi connectivity index (χ0v) is 16.7. The summed E-state index contributed by atoms with van der Waals surface area (Å²) < 4.78 is 7.77. The second-order valence-corrected chi connectivity index (χ2v) is 7.59. The topological polar surface area (TPSA) is 59.4 Å². The molecule has 1 unspecified atom stereocenters. The molecule has 1 aliphatic rings. The lowest BCUT2D eigenvalue weighted by Gasteiger charge is -2.26. The minimum Gasteiger partial charge on any atom is -0.376 e. The number of urea groups is 1. The molecule has 0 saturated carbocycles. The molecular weight excluding hydrogens is 364 g/mol. The number of aromatic nitrogens is 2. The van der Waals surface area contributed by atoms with E-state index in [0.29, 0.717) is 19.6 Å². The average Bonchev–Trinajstić information content (AvgIpc) is 3.28. The Bertz CT molecular complexity index is 756. The Kier molecular flexibility index (Phi) is 6.74. The molecular formula is C20H27ClN4O2. The van der Waals surface area contributed by atoms with Crippen molar-refractivity contribution in [3.05, 3.63) is 53.1 Å². The molecule has 0 aliphatic carbocycles. The second kappa shape index (κ2) is 9.24. The number of ether oxygens (including phenoxy) is 1. The summed E-state index contributed by atoms with van der Waals surface area (Å²) in [6.07, 6.45) is 5.81. The van der Waals surface area contributed by atoms with Crippen LogP contribution >= 0.6 is 11.6 Å². The van der Waals surface area contributed by atoms with E-state index in [9.17, 15) is 4.79 Å². The van der Waals surface area contributed by atoms with E-state index in [1.54, 1.807) is 11.1 Å². The van der Waals surface area contributed by atoms with E-state index >= 15 is 0 Å². The Morgan fingerprint density at radius 3 is 2.96 bits per heavy atom. The lowest BCUT2D eigenvalue weighted by atomic mass is 10.2.